The largest absolute Gasteiger partial charge is 0.388 e. The molecule has 3 nitrogen and oxygen atoms in total. The smallest absolute Gasteiger partial charge is 0.183 e. The number of ether oxygens (including phenoxy) is 2. The van der Waals surface area contributed by atoms with E-state index in [4.69, 9.17) is 9.47 Å². The van der Waals surface area contributed by atoms with Gasteiger partial charge in [-0.2, -0.15) is 0 Å². The molecule has 2 atom stereocenters. The maximum Gasteiger partial charge on any atom is 0.183 e. The van der Waals surface area contributed by atoms with E-state index in [-0.39, 0.29) is 0 Å². The van der Waals surface area contributed by atoms with Crippen LogP contribution in [0.4, 0.5) is 0 Å². The van der Waals surface area contributed by atoms with E-state index in [9.17, 15) is 5.11 Å². The van der Waals surface area contributed by atoms with E-state index in [0.29, 0.717) is 6.61 Å². The molecule has 0 aromatic carbocycles. The second kappa shape index (κ2) is 8.48. The molecule has 3 heteroatoms. The van der Waals surface area contributed by atoms with Crippen LogP contribution in [0.15, 0.2) is 0 Å². The zero-order valence-corrected chi connectivity index (χ0v) is 8.95. The molecule has 80 valence electrons. The fourth-order valence-corrected chi connectivity index (χ4v) is 1.24. The summed E-state index contributed by atoms with van der Waals surface area (Å²) in [6.07, 6.45) is 3.16. The van der Waals surface area contributed by atoms with E-state index in [0.717, 1.165) is 19.3 Å². The molecule has 0 aliphatic rings. The molecule has 0 amide bonds. The Labute approximate surface area is 81.0 Å². The summed E-state index contributed by atoms with van der Waals surface area (Å²) >= 11 is 0. The predicted octanol–water partition coefficient (Wildman–Crippen LogP) is 1.94. The van der Waals surface area contributed by atoms with Crippen molar-refractivity contribution < 1.29 is 14.6 Å². The van der Waals surface area contributed by atoms with Crippen molar-refractivity contribution in [1.29, 1.82) is 0 Å². The Morgan fingerprint density at radius 1 is 1.23 bits per heavy atom. The summed E-state index contributed by atoms with van der Waals surface area (Å²) in [5.74, 6) is 0. The molecule has 0 saturated carbocycles. The zero-order valence-electron chi connectivity index (χ0n) is 8.95. The number of methoxy groups -OCH3 is 1. The number of aliphatic hydroxyl groups is 1. The van der Waals surface area contributed by atoms with Crippen LogP contribution >= 0.6 is 0 Å². The Kier molecular flexibility index (Phi) is 8.40. The topological polar surface area (TPSA) is 38.7 Å². The van der Waals surface area contributed by atoms with Gasteiger partial charge in [0.25, 0.3) is 0 Å². The third kappa shape index (κ3) is 6.02. The van der Waals surface area contributed by atoms with Gasteiger partial charge in [-0.15, -0.1) is 0 Å². The van der Waals surface area contributed by atoms with Crippen LogP contribution in [0.2, 0.25) is 0 Å². The normalized spacial score (nSPS) is 15.7. The lowest BCUT2D eigenvalue weighted by molar-refractivity contribution is -0.178. The predicted molar refractivity (Wildman–Crippen MR) is 52.6 cm³/mol. The zero-order chi connectivity index (χ0) is 10.1. The van der Waals surface area contributed by atoms with E-state index in [1.165, 1.54) is 6.42 Å². The monoisotopic (exact) mass is 190 g/mol. The molecule has 0 radical (unpaired) electrons. The molecule has 0 aromatic heterocycles. The minimum atomic E-state index is -0.489. The van der Waals surface area contributed by atoms with Gasteiger partial charge in [-0.3, -0.25) is 0 Å². The minimum Gasteiger partial charge on any atom is -0.388 e. The molecule has 0 spiro atoms. The van der Waals surface area contributed by atoms with Gasteiger partial charge in [-0.25, -0.2) is 0 Å². The molecule has 0 heterocycles. The molecule has 0 aliphatic heterocycles. The maximum atomic E-state index is 9.62. The van der Waals surface area contributed by atoms with Crippen molar-refractivity contribution in [1.82, 2.24) is 0 Å². The summed E-state index contributed by atoms with van der Waals surface area (Å²) in [4.78, 5) is 0. The highest BCUT2D eigenvalue weighted by atomic mass is 16.7. The number of hydrogen-bond acceptors (Lipinski definition) is 3. The maximum absolute atomic E-state index is 9.62. The summed E-state index contributed by atoms with van der Waals surface area (Å²) in [5, 5.41) is 9.62. The quantitative estimate of drug-likeness (QED) is 0.469. The fourth-order valence-electron chi connectivity index (χ4n) is 1.24. The van der Waals surface area contributed by atoms with Crippen molar-refractivity contribution in [2.45, 2.75) is 51.9 Å². The van der Waals surface area contributed by atoms with E-state index in [2.05, 4.69) is 6.92 Å². The molecular weight excluding hydrogens is 168 g/mol. The average molecular weight is 190 g/mol. The van der Waals surface area contributed by atoms with Crippen molar-refractivity contribution in [3.05, 3.63) is 0 Å². The van der Waals surface area contributed by atoms with E-state index in [1.54, 1.807) is 7.11 Å². The first-order chi connectivity index (χ1) is 6.26. The lowest BCUT2D eigenvalue weighted by Gasteiger charge is -2.20. The summed E-state index contributed by atoms with van der Waals surface area (Å²) in [6.45, 7) is 4.61. The lowest BCUT2D eigenvalue weighted by Crippen LogP contribution is -2.30. The summed E-state index contributed by atoms with van der Waals surface area (Å²) < 4.78 is 10.2. The molecule has 1 N–H and O–H groups in total. The molecule has 2 unspecified atom stereocenters. The van der Waals surface area contributed by atoms with Crippen LogP contribution in [-0.4, -0.2) is 31.2 Å². The summed E-state index contributed by atoms with van der Waals surface area (Å²) in [5.41, 5.74) is 0. The van der Waals surface area contributed by atoms with Crippen LogP contribution in [0, 0.1) is 0 Å². The van der Waals surface area contributed by atoms with Gasteiger partial charge in [0, 0.05) is 13.7 Å². The van der Waals surface area contributed by atoms with Gasteiger partial charge in [-0.05, 0) is 13.3 Å². The second-order valence-corrected chi connectivity index (χ2v) is 3.12. The molecule has 0 aliphatic carbocycles. The molecular formula is C10H22O3. The molecule has 0 aromatic rings. The van der Waals surface area contributed by atoms with E-state index >= 15 is 0 Å². The molecule has 0 rings (SSSR count). The third-order valence-electron chi connectivity index (χ3n) is 1.98. The Morgan fingerprint density at radius 3 is 2.38 bits per heavy atom. The highest BCUT2D eigenvalue weighted by molar-refractivity contribution is 4.59. The van der Waals surface area contributed by atoms with Crippen molar-refractivity contribution >= 4 is 0 Å². The fraction of sp³-hybridized carbons (Fsp3) is 1.00. The van der Waals surface area contributed by atoms with Crippen molar-refractivity contribution in [3.63, 3.8) is 0 Å². The minimum absolute atomic E-state index is 0.457. The standard InChI is InChI=1S/C10H22O3/c1-4-6-7-8-9(11)10(12-3)13-5-2/h9-11H,4-8H2,1-3H3. The van der Waals surface area contributed by atoms with Crippen molar-refractivity contribution in [2.75, 3.05) is 13.7 Å². The molecule has 13 heavy (non-hydrogen) atoms. The number of unbranched alkanes of at least 4 members (excludes halogenated alkanes) is 2. The van der Waals surface area contributed by atoms with Crippen LogP contribution in [0.5, 0.6) is 0 Å². The van der Waals surface area contributed by atoms with Gasteiger partial charge in [0.2, 0.25) is 0 Å². The van der Waals surface area contributed by atoms with Crippen LogP contribution in [0.1, 0.15) is 39.5 Å². The Balaban J connectivity index is 3.57. The lowest BCUT2D eigenvalue weighted by atomic mass is 10.1. The Morgan fingerprint density at radius 2 is 1.92 bits per heavy atom. The Hall–Kier alpha value is -0.120. The van der Waals surface area contributed by atoms with Gasteiger partial charge >= 0.3 is 0 Å². The van der Waals surface area contributed by atoms with E-state index < -0.39 is 12.4 Å². The van der Waals surface area contributed by atoms with Gasteiger partial charge in [0.15, 0.2) is 6.29 Å². The van der Waals surface area contributed by atoms with Crippen LogP contribution in [0.3, 0.4) is 0 Å². The first kappa shape index (κ1) is 12.9. The van der Waals surface area contributed by atoms with Crippen molar-refractivity contribution in [2.24, 2.45) is 0 Å². The van der Waals surface area contributed by atoms with Crippen LogP contribution < -0.4 is 0 Å². The highest BCUT2D eigenvalue weighted by Crippen LogP contribution is 2.09. The van der Waals surface area contributed by atoms with Crippen molar-refractivity contribution in [3.8, 4) is 0 Å². The second-order valence-electron chi connectivity index (χ2n) is 3.12. The Bertz CT molecular complexity index is 106. The molecule has 0 bridgehead atoms. The molecule has 0 fully saturated rings. The number of aliphatic hydroxyl groups excluding tert-OH is 1. The average Bonchev–Trinajstić information content (AvgIpc) is 2.14. The van der Waals surface area contributed by atoms with Crippen LogP contribution in [0.25, 0.3) is 0 Å². The highest BCUT2D eigenvalue weighted by Gasteiger charge is 2.17. The third-order valence-corrected chi connectivity index (χ3v) is 1.98. The van der Waals surface area contributed by atoms with E-state index in [1.807, 2.05) is 6.92 Å². The van der Waals surface area contributed by atoms with Crippen LogP contribution in [-0.2, 0) is 9.47 Å². The summed E-state index contributed by atoms with van der Waals surface area (Å²) in [6, 6.07) is 0. The van der Waals surface area contributed by atoms with Gasteiger partial charge < -0.3 is 14.6 Å². The SMILES string of the molecule is CCCCCC(O)C(OC)OCC. The van der Waals surface area contributed by atoms with Gasteiger partial charge in [-0.1, -0.05) is 26.2 Å². The number of rotatable bonds is 8. The summed E-state index contributed by atoms with van der Waals surface area (Å²) in [7, 11) is 1.56. The first-order valence-corrected chi connectivity index (χ1v) is 5.08. The van der Waals surface area contributed by atoms with Gasteiger partial charge in [0.05, 0.1) is 0 Å². The molecule has 0 saturated heterocycles. The van der Waals surface area contributed by atoms with Gasteiger partial charge in [0.1, 0.15) is 6.10 Å². The number of hydrogen-bond donors (Lipinski definition) is 1. The first-order valence-electron chi connectivity index (χ1n) is 5.08.